The van der Waals surface area contributed by atoms with Gasteiger partial charge < -0.3 is 15.1 Å². The predicted octanol–water partition coefficient (Wildman–Crippen LogP) is 5.63. The summed E-state index contributed by atoms with van der Waals surface area (Å²) in [6.45, 7) is 3.73. The second-order valence-corrected chi connectivity index (χ2v) is 9.40. The van der Waals surface area contributed by atoms with Crippen molar-refractivity contribution in [3.05, 3.63) is 108 Å². The van der Waals surface area contributed by atoms with Crippen LogP contribution >= 0.6 is 11.6 Å². The maximum atomic E-state index is 13.1. The Morgan fingerprint density at radius 1 is 0.811 bits per heavy atom. The lowest BCUT2D eigenvalue weighted by Crippen LogP contribution is -2.46. The van der Waals surface area contributed by atoms with Gasteiger partial charge in [0.15, 0.2) is 5.65 Å². The van der Waals surface area contributed by atoms with Gasteiger partial charge in [0.1, 0.15) is 5.69 Å². The predicted molar refractivity (Wildman–Crippen MR) is 149 cm³/mol. The molecule has 2 aromatic heterocycles. The van der Waals surface area contributed by atoms with Crippen molar-refractivity contribution in [3.63, 3.8) is 0 Å². The average molecular weight is 509 g/mol. The molecule has 1 fully saturated rings. The van der Waals surface area contributed by atoms with Gasteiger partial charge in [0.25, 0.3) is 5.91 Å². The number of nitrogens with zero attached hydrogens (tertiary/aromatic N) is 5. The highest BCUT2D eigenvalue weighted by Gasteiger charge is 2.18. The SMILES string of the molecule is O=C(Nc1cccc(N2CCN(c3ccccc3)CC2)c1)c1ccn2ncc(-c3cccc(Cl)c3)c2n1. The molecular weight excluding hydrogens is 484 g/mol. The van der Waals surface area contributed by atoms with Gasteiger partial charge in [-0.2, -0.15) is 5.10 Å². The number of hydrogen-bond donors (Lipinski definition) is 1. The molecule has 1 saturated heterocycles. The van der Waals surface area contributed by atoms with Gasteiger partial charge in [0.05, 0.1) is 6.20 Å². The zero-order valence-electron chi connectivity index (χ0n) is 20.1. The Hall–Kier alpha value is -4.36. The van der Waals surface area contributed by atoms with Gasteiger partial charge in [0.2, 0.25) is 0 Å². The lowest BCUT2D eigenvalue weighted by Gasteiger charge is -2.37. The first-order chi connectivity index (χ1) is 18.1. The Kier molecular flexibility index (Phi) is 6.20. The average Bonchev–Trinajstić information content (AvgIpc) is 3.37. The van der Waals surface area contributed by atoms with Crippen LogP contribution in [0.2, 0.25) is 5.02 Å². The smallest absolute Gasteiger partial charge is 0.274 e. The van der Waals surface area contributed by atoms with Gasteiger partial charge in [-0.05, 0) is 54.1 Å². The van der Waals surface area contributed by atoms with Crippen LogP contribution in [0.25, 0.3) is 16.8 Å². The number of nitrogens with one attached hydrogen (secondary N) is 1. The van der Waals surface area contributed by atoms with E-state index in [2.05, 4.69) is 55.5 Å². The number of rotatable bonds is 5. The van der Waals surface area contributed by atoms with Gasteiger partial charge in [-0.15, -0.1) is 0 Å². The summed E-state index contributed by atoms with van der Waals surface area (Å²) in [5.41, 5.74) is 5.70. The van der Waals surface area contributed by atoms with Crippen molar-refractivity contribution in [1.82, 2.24) is 14.6 Å². The first-order valence-electron chi connectivity index (χ1n) is 12.2. The number of carbonyl (C=O) groups is 1. The Labute approximate surface area is 219 Å². The van der Waals surface area contributed by atoms with Crippen LogP contribution in [0.4, 0.5) is 17.1 Å². The molecule has 37 heavy (non-hydrogen) atoms. The summed E-state index contributed by atoms with van der Waals surface area (Å²) in [6, 6.07) is 27.6. The minimum absolute atomic E-state index is 0.271. The molecule has 6 rings (SSSR count). The number of halogens is 1. The van der Waals surface area contributed by atoms with E-state index in [1.165, 1.54) is 5.69 Å². The Bertz CT molecular complexity index is 1560. The van der Waals surface area contributed by atoms with Gasteiger partial charge in [-0.1, -0.05) is 48.0 Å². The van der Waals surface area contributed by atoms with Crippen LogP contribution in [0.15, 0.2) is 97.3 Å². The second kappa shape index (κ2) is 9.95. The van der Waals surface area contributed by atoms with E-state index in [1.807, 2.05) is 48.5 Å². The summed E-state index contributed by atoms with van der Waals surface area (Å²) in [4.78, 5) is 22.5. The van der Waals surface area contributed by atoms with Crippen LogP contribution in [0, 0.1) is 0 Å². The van der Waals surface area contributed by atoms with Crippen molar-refractivity contribution < 1.29 is 4.79 Å². The fourth-order valence-corrected chi connectivity index (χ4v) is 4.88. The van der Waals surface area contributed by atoms with Crippen LogP contribution in [0.1, 0.15) is 10.5 Å². The van der Waals surface area contributed by atoms with E-state index in [0.29, 0.717) is 16.4 Å². The highest BCUT2D eigenvalue weighted by molar-refractivity contribution is 6.30. The van der Waals surface area contributed by atoms with E-state index in [-0.39, 0.29) is 5.91 Å². The molecule has 1 N–H and O–H groups in total. The van der Waals surface area contributed by atoms with E-state index < -0.39 is 0 Å². The minimum atomic E-state index is -0.271. The van der Waals surface area contributed by atoms with Crippen molar-refractivity contribution >= 4 is 40.2 Å². The van der Waals surface area contributed by atoms with E-state index in [4.69, 9.17) is 11.6 Å². The third-order valence-corrected chi connectivity index (χ3v) is 6.84. The summed E-state index contributed by atoms with van der Waals surface area (Å²) in [5, 5.41) is 8.01. The van der Waals surface area contributed by atoms with Gasteiger partial charge in [0, 0.05) is 60.0 Å². The summed E-state index contributed by atoms with van der Waals surface area (Å²) in [7, 11) is 0. The Morgan fingerprint density at radius 2 is 1.54 bits per heavy atom. The molecule has 0 atom stereocenters. The van der Waals surface area contributed by atoms with Crippen molar-refractivity contribution in [3.8, 4) is 11.1 Å². The quantitative estimate of drug-likeness (QED) is 0.333. The zero-order chi connectivity index (χ0) is 25.2. The topological polar surface area (TPSA) is 65.8 Å². The molecule has 0 spiro atoms. The molecule has 1 aliphatic heterocycles. The Morgan fingerprint density at radius 3 is 2.32 bits per heavy atom. The molecule has 3 aromatic carbocycles. The highest BCUT2D eigenvalue weighted by atomic mass is 35.5. The third kappa shape index (κ3) is 4.86. The fraction of sp³-hybridized carbons (Fsp3) is 0.138. The summed E-state index contributed by atoms with van der Waals surface area (Å²) < 4.78 is 1.66. The number of amides is 1. The van der Waals surface area contributed by atoms with Crippen LogP contribution in [-0.2, 0) is 0 Å². The summed E-state index contributed by atoms with van der Waals surface area (Å²) in [5.74, 6) is -0.271. The largest absolute Gasteiger partial charge is 0.368 e. The molecule has 7 nitrogen and oxygen atoms in total. The standard InChI is InChI=1S/C29H25ClN6O/c30-22-7-4-6-21(18-22)26-20-31-36-13-12-27(33-28(26)36)29(37)32-23-8-5-11-25(19-23)35-16-14-34(15-17-35)24-9-2-1-3-10-24/h1-13,18-20H,14-17H2,(H,32,37). The van der Waals surface area contributed by atoms with Crippen LogP contribution in [-0.4, -0.2) is 46.7 Å². The number of benzene rings is 3. The van der Waals surface area contributed by atoms with Crippen LogP contribution in [0.3, 0.4) is 0 Å². The normalized spacial score (nSPS) is 13.6. The minimum Gasteiger partial charge on any atom is -0.368 e. The summed E-state index contributed by atoms with van der Waals surface area (Å²) >= 11 is 6.17. The Balaban J connectivity index is 1.17. The van der Waals surface area contributed by atoms with Crippen LogP contribution < -0.4 is 15.1 Å². The molecule has 8 heteroatoms. The van der Waals surface area contributed by atoms with Crippen LogP contribution in [0.5, 0.6) is 0 Å². The number of anilines is 3. The number of para-hydroxylation sites is 1. The molecule has 3 heterocycles. The van der Waals surface area contributed by atoms with Gasteiger partial charge in [-0.25, -0.2) is 9.50 Å². The highest BCUT2D eigenvalue weighted by Crippen LogP contribution is 2.27. The molecule has 5 aromatic rings. The molecule has 0 saturated carbocycles. The van der Waals surface area contributed by atoms with E-state index in [9.17, 15) is 4.79 Å². The van der Waals surface area contributed by atoms with E-state index in [0.717, 1.165) is 48.7 Å². The van der Waals surface area contributed by atoms with Crippen molar-refractivity contribution in [2.75, 3.05) is 41.3 Å². The molecule has 1 aliphatic rings. The van der Waals surface area contributed by atoms with Gasteiger partial charge in [-0.3, -0.25) is 4.79 Å². The zero-order valence-corrected chi connectivity index (χ0v) is 20.8. The number of fused-ring (bicyclic) bond motifs is 1. The van der Waals surface area contributed by atoms with Crippen molar-refractivity contribution in [2.45, 2.75) is 0 Å². The number of carbonyl (C=O) groups excluding carboxylic acids is 1. The molecule has 0 radical (unpaired) electrons. The molecular formula is C29H25ClN6O. The van der Waals surface area contributed by atoms with E-state index >= 15 is 0 Å². The number of aromatic nitrogens is 3. The molecule has 1 amide bonds. The third-order valence-electron chi connectivity index (χ3n) is 6.61. The molecule has 184 valence electrons. The van der Waals surface area contributed by atoms with Crippen molar-refractivity contribution in [1.29, 1.82) is 0 Å². The lowest BCUT2D eigenvalue weighted by atomic mass is 10.1. The first-order valence-corrected chi connectivity index (χ1v) is 12.6. The lowest BCUT2D eigenvalue weighted by molar-refractivity contribution is 0.102. The molecule has 0 unspecified atom stereocenters. The fourth-order valence-electron chi connectivity index (χ4n) is 4.69. The molecule has 0 bridgehead atoms. The first kappa shape index (κ1) is 23.1. The number of hydrogen-bond acceptors (Lipinski definition) is 5. The second-order valence-electron chi connectivity index (χ2n) is 8.96. The summed E-state index contributed by atoms with van der Waals surface area (Å²) in [6.07, 6.45) is 3.48. The number of piperazine rings is 1. The maximum Gasteiger partial charge on any atom is 0.274 e. The monoisotopic (exact) mass is 508 g/mol. The maximum absolute atomic E-state index is 13.1. The molecule has 0 aliphatic carbocycles. The van der Waals surface area contributed by atoms with Crippen molar-refractivity contribution in [2.24, 2.45) is 0 Å². The van der Waals surface area contributed by atoms with E-state index in [1.54, 1.807) is 23.0 Å². The van der Waals surface area contributed by atoms with Gasteiger partial charge >= 0.3 is 0 Å².